The fourth-order valence-corrected chi connectivity index (χ4v) is 3.82. The van der Waals surface area contributed by atoms with Crippen LogP contribution < -0.4 is 15.5 Å². The molecule has 7 nitrogen and oxygen atoms in total. The lowest BCUT2D eigenvalue weighted by molar-refractivity contribution is -0.137. The van der Waals surface area contributed by atoms with Crippen molar-refractivity contribution in [3.8, 4) is 0 Å². The Kier molecular flexibility index (Phi) is 9.13. The first-order valence-electron chi connectivity index (χ1n) is 10.3. The van der Waals surface area contributed by atoms with Crippen LogP contribution in [0.15, 0.2) is 48.5 Å². The van der Waals surface area contributed by atoms with Gasteiger partial charge in [-0.3, -0.25) is 18.6 Å². The molecule has 3 amide bonds. The Bertz CT molecular complexity index is 1100. The van der Waals surface area contributed by atoms with Crippen molar-refractivity contribution in [3.63, 3.8) is 0 Å². The van der Waals surface area contributed by atoms with Gasteiger partial charge in [0.15, 0.2) is 0 Å². The smallest absolute Gasteiger partial charge is 0.350 e. The van der Waals surface area contributed by atoms with E-state index in [0.717, 1.165) is 29.2 Å². The summed E-state index contributed by atoms with van der Waals surface area (Å²) in [4.78, 5) is 38.2. The summed E-state index contributed by atoms with van der Waals surface area (Å²) in [5, 5.41) is 5.02. The Balaban J connectivity index is 2.16. The van der Waals surface area contributed by atoms with Crippen molar-refractivity contribution < 1.29 is 36.2 Å². The number of rotatable bonds is 8. The molecule has 0 heterocycles. The summed E-state index contributed by atoms with van der Waals surface area (Å²) < 4.78 is 64.9. The number of alkyl halides is 3. The first-order valence-corrected chi connectivity index (χ1v) is 11.8. The van der Waals surface area contributed by atoms with Crippen LogP contribution in [0.5, 0.6) is 0 Å². The summed E-state index contributed by atoms with van der Waals surface area (Å²) in [5.41, 5.74) is -1.64. The highest BCUT2D eigenvalue weighted by Gasteiger charge is 2.32. The number of hydrogen-bond donors (Lipinski definition) is 2. The Hall–Kier alpha value is -3.28. The number of benzene rings is 2. The molecule has 1 atom stereocenters. The van der Waals surface area contributed by atoms with Gasteiger partial charge in [0, 0.05) is 27.7 Å². The van der Waals surface area contributed by atoms with Crippen LogP contribution in [0.1, 0.15) is 26.3 Å². The summed E-state index contributed by atoms with van der Waals surface area (Å²) in [6.45, 7) is 4.46. The first kappa shape index (κ1) is 28.0. The fourth-order valence-electron chi connectivity index (χ4n) is 2.92. The summed E-state index contributed by atoms with van der Waals surface area (Å²) in [7, 11) is -2.04. The fraction of sp³-hybridized carbons (Fsp3) is 0.348. The summed E-state index contributed by atoms with van der Waals surface area (Å²) in [6, 6.07) is 8.67. The molecule has 0 bridgehead atoms. The Morgan fingerprint density at radius 2 is 1.57 bits per heavy atom. The number of anilines is 2. The molecule has 0 radical (unpaired) electrons. The molecule has 190 valence electrons. The van der Waals surface area contributed by atoms with Gasteiger partial charge in [-0.05, 0) is 63.2 Å². The number of hydrogen-bond acceptors (Lipinski definition) is 4. The minimum Gasteiger partial charge on any atom is -0.350 e. The van der Waals surface area contributed by atoms with E-state index in [2.05, 4.69) is 10.6 Å². The standard InChI is InChI=1S/C23H25F4N3O4S/c1-22(2,3)29-19(31)12-30(18-6-4-5-15(11-18)23(25,26)27)21(33)14-35(34)13-20(32)28-17-9-7-16(24)8-10-17/h4-11H,12-14H2,1-3H3,(H,28,32)(H,29,31). The third-order valence-corrected chi connectivity index (χ3v) is 5.46. The number of carbonyl (C=O) groups excluding carboxylic acids is 3. The molecule has 0 fully saturated rings. The van der Waals surface area contributed by atoms with Crippen LogP contribution in [-0.2, 0) is 31.4 Å². The van der Waals surface area contributed by atoms with Crippen molar-refractivity contribution in [1.29, 1.82) is 0 Å². The second kappa shape index (κ2) is 11.4. The Morgan fingerprint density at radius 3 is 2.14 bits per heavy atom. The van der Waals surface area contributed by atoms with E-state index in [1.807, 2.05) is 0 Å². The zero-order valence-electron chi connectivity index (χ0n) is 19.2. The van der Waals surface area contributed by atoms with Crippen molar-refractivity contribution in [2.75, 3.05) is 28.3 Å². The molecule has 12 heteroatoms. The molecule has 2 rings (SSSR count). The lowest BCUT2D eigenvalue weighted by Gasteiger charge is -2.26. The molecule has 1 unspecified atom stereocenters. The van der Waals surface area contributed by atoms with Crippen molar-refractivity contribution in [2.45, 2.75) is 32.5 Å². The predicted molar refractivity (Wildman–Crippen MR) is 125 cm³/mol. The number of carbonyl (C=O) groups is 3. The van der Waals surface area contributed by atoms with Gasteiger partial charge in [-0.25, -0.2) is 4.39 Å². The van der Waals surface area contributed by atoms with Crippen LogP contribution >= 0.6 is 0 Å². The zero-order valence-corrected chi connectivity index (χ0v) is 20.1. The van der Waals surface area contributed by atoms with Crippen molar-refractivity contribution in [2.24, 2.45) is 0 Å². The maximum Gasteiger partial charge on any atom is 0.416 e. The van der Waals surface area contributed by atoms with Crippen molar-refractivity contribution >= 4 is 39.9 Å². The maximum atomic E-state index is 13.2. The molecule has 35 heavy (non-hydrogen) atoms. The van der Waals surface area contributed by atoms with Crippen LogP contribution in [0.4, 0.5) is 28.9 Å². The third-order valence-electron chi connectivity index (χ3n) is 4.31. The summed E-state index contributed by atoms with van der Waals surface area (Å²) in [5.74, 6) is -4.06. The normalized spacial score (nSPS) is 12.5. The zero-order chi connectivity index (χ0) is 26.4. The average molecular weight is 516 g/mol. The molecule has 0 saturated heterocycles. The van der Waals surface area contributed by atoms with Crippen molar-refractivity contribution in [1.82, 2.24) is 5.32 Å². The van der Waals surface area contributed by atoms with Crippen LogP contribution in [0.3, 0.4) is 0 Å². The van der Waals surface area contributed by atoms with Crippen LogP contribution in [0.25, 0.3) is 0 Å². The van der Waals surface area contributed by atoms with Gasteiger partial charge in [0.05, 0.1) is 5.56 Å². The topological polar surface area (TPSA) is 95.6 Å². The van der Waals surface area contributed by atoms with E-state index in [9.17, 15) is 36.2 Å². The van der Waals surface area contributed by atoms with E-state index in [1.165, 1.54) is 18.2 Å². The predicted octanol–water partition coefficient (Wildman–Crippen LogP) is 3.48. The minimum atomic E-state index is -4.68. The molecular formula is C23H25F4N3O4S. The van der Waals surface area contributed by atoms with Crippen molar-refractivity contribution in [3.05, 3.63) is 59.9 Å². The van der Waals surface area contributed by atoms with E-state index in [4.69, 9.17) is 0 Å². The monoisotopic (exact) mass is 515 g/mol. The summed E-state index contributed by atoms with van der Waals surface area (Å²) >= 11 is 0. The van der Waals surface area contributed by atoms with Crippen LogP contribution in [-0.4, -0.2) is 45.5 Å². The van der Waals surface area contributed by atoms with Crippen LogP contribution in [0.2, 0.25) is 0 Å². The first-order chi connectivity index (χ1) is 16.1. The van der Waals surface area contributed by atoms with E-state index in [-0.39, 0.29) is 11.4 Å². The maximum absolute atomic E-state index is 13.2. The van der Waals surface area contributed by atoms with Gasteiger partial charge in [-0.15, -0.1) is 0 Å². The largest absolute Gasteiger partial charge is 0.416 e. The van der Waals surface area contributed by atoms with Gasteiger partial charge in [0.25, 0.3) is 0 Å². The number of halogens is 4. The quantitative estimate of drug-likeness (QED) is 0.527. The lowest BCUT2D eigenvalue weighted by atomic mass is 10.1. The number of amides is 3. The highest BCUT2D eigenvalue weighted by atomic mass is 32.2. The van der Waals surface area contributed by atoms with Gasteiger partial charge < -0.3 is 15.5 Å². The highest BCUT2D eigenvalue weighted by Crippen LogP contribution is 2.31. The SMILES string of the molecule is CC(C)(C)NC(=O)CN(C(=O)CS(=O)CC(=O)Nc1ccc(F)cc1)c1cccc(C(F)(F)F)c1. The van der Waals surface area contributed by atoms with E-state index in [0.29, 0.717) is 6.07 Å². The van der Waals surface area contributed by atoms with E-state index < -0.39 is 69.7 Å². The van der Waals surface area contributed by atoms with Gasteiger partial charge >= 0.3 is 6.18 Å². The molecule has 0 aliphatic rings. The molecular weight excluding hydrogens is 490 g/mol. The second-order valence-corrected chi connectivity index (χ2v) is 10.1. The lowest BCUT2D eigenvalue weighted by Crippen LogP contribution is -2.48. The molecule has 0 saturated carbocycles. The second-order valence-electron chi connectivity index (χ2n) is 8.61. The van der Waals surface area contributed by atoms with Gasteiger partial charge in [0.2, 0.25) is 17.7 Å². The molecule has 2 aromatic carbocycles. The molecule has 0 aliphatic heterocycles. The number of nitrogens with one attached hydrogen (secondary N) is 2. The van der Waals surface area contributed by atoms with Gasteiger partial charge in [0.1, 0.15) is 23.9 Å². The van der Waals surface area contributed by atoms with E-state index in [1.54, 1.807) is 20.8 Å². The minimum absolute atomic E-state index is 0.207. The van der Waals surface area contributed by atoms with Gasteiger partial charge in [-0.1, -0.05) is 6.07 Å². The number of nitrogens with zero attached hydrogens (tertiary/aromatic N) is 1. The third kappa shape index (κ3) is 9.47. The Labute approximate surface area is 202 Å². The Morgan fingerprint density at radius 1 is 0.943 bits per heavy atom. The highest BCUT2D eigenvalue weighted by molar-refractivity contribution is 7.86. The molecule has 0 spiro atoms. The van der Waals surface area contributed by atoms with E-state index >= 15 is 0 Å². The van der Waals surface area contributed by atoms with Gasteiger partial charge in [-0.2, -0.15) is 13.2 Å². The van der Waals surface area contributed by atoms with Crippen LogP contribution in [0, 0.1) is 5.82 Å². The summed E-state index contributed by atoms with van der Waals surface area (Å²) in [6.07, 6.45) is -4.68. The average Bonchev–Trinajstić information content (AvgIpc) is 2.71. The molecule has 0 aromatic heterocycles. The molecule has 2 aromatic rings. The molecule has 2 N–H and O–H groups in total. The molecule has 0 aliphatic carbocycles.